The largest absolute Gasteiger partial charge is 0.397 e. The molecule has 0 aliphatic rings. The van der Waals surface area contributed by atoms with Crippen LogP contribution in [0.3, 0.4) is 0 Å². The van der Waals surface area contributed by atoms with Crippen molar-refractivity contribution in [1.29, 1.82) is 0 Å². The lowest BCUT2D eigenvalue weighted by Gasteiger charge is -2.06. The predicted octanol–water partition coefficient (Wildman–Crippen LogP) is 1.76. The summed E-state index contributed by atoms with van der Waals surface area (Å²) in [6, 6.07) is 3.18. The fraction of sp³-hybridized carbons (Fsp3) is 0.250. The third kappa shape index (κ3) is 1.42. The molecular formula is C8H11FN2. The lowest BCUT2D eigenvalue weighted by atomic mass is 10.2. The van der Waals surface area contributed by atoms with Crippen molar-refractivity contribution in [3.63, 3.8) is 0 Å². The van der Waals surface area contributed by atoms with Crippen molar-refractivity contribution in [2.75, 3.05) is 18.1 Å². The fourth-order valence-electron chi connectivity index (χ4n) is 1.03. The number of halogens is 1. The molecule has 0 unspecified atom stereocenters. The minimum atomic E-state index is -0.301. The summed E-state index contributed by atoms with van der Waals surface area (Å²) in [5.41, 5.74) is 7.18. The van der Waals surface area contributed by atoms with Crippen molar-refractivity contribution < 1.29 is 4.39 Å². The average Bonchev–Trinajstić information content (AvgIpc) is 1.85. The second-order valence-corrected chi connectivity index (χ2v) is 2.46. The molecule has 0 bridgehead atoms. The lowest BCUT2D eigenvalue weighted by molar-refractivity contribution is 0.631. The number of rotatable bonds is 1. The molecule has 11 heavy (non-hydrogen) atoms. The number of nitrogens with one attached hydrogen (secondary N) is 1. The minimum Gasteiger partial charge on any atom is -0.397 e. The zero-order valence-electron chi connectivity index (χ0n) is 6.61. The van der Waals surface area contributed by atoms with Gasteiger partial charge < -0.3 is 11.1 Å². The molecule has 0 aliphatic carbocycles. The normalized spacial score (nSPS) is 9.73. The van der Waals surface area contributed by atoms with E-state index in [-0.39, 0.29) is 5.82 Å². The summed E-state index contributed by atoms with van der Waals surface area (Å²) in [7, 11) is 1.64. The molecule has 2 nitrogen and oxygen atoms in total. The van der Waals surface area contributed by atoms with Gasteiger partial charge in [-0.25, -0.2) is 4.39 Å². The van der Waals surface area contributed by atoms with Gasteiger partial charge in [-0.05, 0) is 24.6 Å². The topological polar surface area (TPSA) is 38.0 Å². The van der Waals surface area contributed by atoms with Gasteiger partial charge in [-0.3, -0.25) is 0 Å². The molecule has 1 aromatic carbocycles. The van der Waals surface area contributed by atoms with E-state index in [0.29, 0.717) is 11.4 Å². The van der Waals surface area contributed by atoms with Gasteiger partial charge in [0.1, 0.15) is 5.82 Å². The van der Waals surface area contributed by atoms with E-state index in [4.69, 9.17) is 5.73 Å². The van der Waals surface area contributed by atoms with Gasteiger partial charge >= 0.3 is 0 Å². The molecule has 0 saturated heterocycles. The first-order chi connectivity index (χ1) is 5.15. The molecule has 0 saturated carbocycles. The second kappa shape index (κ2) is 2.78. The van der Waals surface area contributed by atoms with Crippen LogP contribution in [0.15, 0.2) is 12.1 Å². The standard InChI is InChI=1S/C8H11FN2/c1-5-3-6(9)8(11-2)7(10)4-5/h3-4,11H,10H2,1-2H3. The number of benzene rings is 1. The van der Waals surface area contributed by atoms with Crippen LogP contribution in [0, 0.1) is 12.7 Å². The molecular weight excluding hydrogens is 143 g/mol. The van der Waals surface area contributed by atoms with Crippen LogP contribution in [0.5, 0.6) is 0 Å². The van der Waals surface area contributed by atoms with Gasteiger partial charge in [0.25, 0.3) is 0 Å². The number of nitrogens with two attached hydrogens (primary N) is 1. The Kier molecular flexibility index (Phi) is 1.98. The van der Waals surface area contributed by atoms with E-state index in [0.717, 1.165) is 5.56 Å². The van der Waals surface area contributed by atoms with E-state index >= 15 is 0 Å². The molecule has 1 rings (SSSR count). The maximum absolute atomic E-state index is 13.0. The molecule has 3 heteroatoms. The quantitative estimate of drug-likeness (QED) is 0.605. The maximum atomic E-state index is 13.0. The summed E-state index contributed by atoms with van der Waals surface area (Å²) in [6.45, 7) is 1.80. The highest BCUT2D eigenvalue weighted by atomic mass is 19.1. The zero-order valence-corrected chi connectivity index (χ0v) is 6.61. The summed E-state index contributed by atoms with van der Waals surface area (Å²) in [4.78, 5) is 0. The monoisotopic (exact) mass is 154 g/mol. The van der Waals surface area contributed by atoms with Crippen molar-refractivity contribution in [2.45, 2.75) is 6.92 Å². The molecule has 0 spiro atoms. The molecule has 3 N–H and O–H groups in total. The van der Waals surface area contributed by atoms with Gasteiger partial charge in [-0.15, -0.1) is 0 Å². The molecule has 0 fully saturated rings. The molecule has 0 atom stereocenters. The Morgan fingerprint density at radius 3 is 2.55 bits per heavy atom. The van der Waals surface area contributed by atoms with Crippen LogP contribution in [0.25, 0.3) is 0 Å². The van der Waals surface area contributed by atoms with E-state index < -0.39 is 0 Å². The molecule has 0 aromatic heterocycles. The fourth-order valence-corrected chi connectivity index (χ4v) is 1.03. The lowest BCUT2D eigenvalue weighted by Crippen LogP contribution is -1.99. The number of nitrogen functional groups attached to an aromatic ring is 1. The van der Waals surface area contributed by atoms with E-state index in [1.807, 2.05) is 0 Å². The Bertz CT molecular complexity index is 248. The van der Waals surface area contributed by atoms with Crippen LogP contribution in [0.4, 0.5) is 15.8 Å². The van der Waals surface area contributed by atoms with Crippen molar-refractivity contribution in [3.8, 4) is 0 Å². The average molecular weight is 154 g/mol. The second-order valence-electron chi connectivity index (χ2n) is 2.46. The number of hydrogen-bond acceptors (Lipinski definition) is 2. The van der Waals surface area contributed by atoms with Gasteiger partial charge in [-0.2, -0.15) is 0 Å². The first kappa shape index (κ1) is 7.85. The Hall–Kier alpha value is -1.25. The van der Waals surface area contributed by atoms with Crippen molar-refractivity contribution in [3.05, 3.63) is 23.5 Å². The van der Waals surface area contributed by atoms with Crippen LogP contribution < -0.4 is 11.1 Å². The van der Waals surface area contributed by atoms with Crippen LogP contribution >= 0.6 is 0 Å². The molecule has 0 aliphatic heterocycles. The molecule has 0 radical (unpaired) electrons. The van der Waals surface area contributed by atoms with Gasteiger partial charge in [0.2, 0.25) is 0 Å². The Labute approximate surface area is 65.2 Å². The molecule has 60 valence electrons. The third-order valence-electron chi connectivity index (χ3n) is 1.52. The maximum Gasteiger partial charge on any atom is 0.148 e. The first-order valence-electron chi connectivity index (χ1n) is 3.38. The summed E-state index contributed by atoms with van der Waals surface area (Å²) in [6.07, 6.45) is 0. The van der Waals surface area contributed by atoms with Gasteiger partial charge in [0, 0.05) is 7.05 Å². The molecule has 1 aromatic rings. The highest BCUT2D eigenvalue weighted by Gasteiger charge is 2.03. The number of anilines is 2. The van der Waals surface area contributed by atoms with E-state index in [1.54, 1.807) is 20.0 Å². The van der Waals surface area contributed by atoms with Crippen molar-refractivity contribution in [1.82, 2.24) is 0 Å². The van der Waals surface area contributed by atoms with E-state index in [1.165, 1.54) is 6.07 Å². The van der Waals surface area contributed by atoms with Crippen LogP contribution in [0.2, 0.25) is 0 Å². The number of hydrogen-bond donors (Lipinski definition) is 2. The van der Waals surface area contributed by atoms with Gasteiger partial charge in [0.05, 0.1) is 11.4 Å². The molecule has 0 heterocycles. The highest BCUT2D eigenvalue weighted by molar-refractivity contribution is 5.67. The highest BCUT2D eigenvalue weighted by Crippen LogP contribution is 2.22. The SMILES string of the molecule is CNc1c(N)cc(C)cc1F. The Morgan fingerprint density at radius 2 is 2.09 bits per heavy atom. The van der Waals surface area contributed by atoms with E-state index in [9.17, 15) is 4.39 Å². The minimum absolute atomic E-state index is 0.301. The zero-order chi connectivity index (χ0) is 8.43. The third-order valence-corrected chi connectivity index (χ3v) is 1.52. The summed E-state index contributed by atoms with van der Waals surface area (Å²) in [5.74, 6) is -0.301. The number of aryl methyl sites for hydroxylation is 1. The Morgan fingerprint density at radius 1 is 1.45 bits per heavy atom. The predicted molar refractivity (Wildman–Crippen MR) is 45.1 cm³/mol. The van der Waals surface area contributed by atoms with Crippen LogP contribution in [0.1, 0.15) is 5.56 Å². The summed E-state index contributed by atoms with van der Waals surface area (Å²) >= 11 is 0. The first-order valence-corrected chi connectivity index (χ1v) is 3.38. The Balaban J connectivity index is 3.25. The summed E-state index contributed by atoms with van der Waals surface area (Å²) in [5, 5.41) is 2.69. The van der Waals surface area contributed by atoms with Gasteiger partial charge in [0.15, 0.2) is 0 Å². The van der Waals surface area contributed by atoms with Gasteiger partial charge in [-0.1, -0.05) is 0 Å². The smallest absolute Gasteiger partial charge is 0.148 e. The van der Waals surface area contributed by atoms with Crippen LogP contribution in [-0.4, -0.2) is 7.05 Å². The van der Waals surface area contributed by atoms with Crippen LogP contribution in [-0.2, 0) is 0 Å². The van der Waals surface area contributed by atoms with Crippen molar-refractivity contribution in [2.24, 2.45) is 0 Å². The van der Waals surface area contributed by atoms with E-state index in [2.05, 4.69) is 5.32 Å². The van der Waals surface area contributed by atoms with Crippen molar-refractivity contribution >= 4 is 11.4 Å². The summed E-state index contributed by atoms with van der Waals surface area (Å²) < 4.78 is 13.0. The molecule has 0 amide bonds.